The van der Waals surface area contributed by atoms with Gasteiger partial charge in [0.15, 0.2) is 6.29 Å². The van der Waals surface area contributed by atoms with Gasteiger partial charge in [-0.05, 0) is 12.8 Å². The highest BCUT2D eigenvalue weighted by Crippen LogP contribution is 2.23. The minimum Gasteiger partial charge on any atom is -0.394 e. The summed E-state index contributed by atoms with van der Waals surface area (Å²) in [4.78, 5) is 12.8. The normalized spacial score (nSPS) is 21.7. The van der Waals surface area contributed by atoms with E-state index in [2.05, 4.69) is 19.2 Å². The van der Waals surface area contributed by atoms with Gasteiger partial charge in [-0.3, -0.25) is 4.79 Å². The Balaban J connectivity index is 2.02. The van der Waals surface area contributed by atoms with Gasteiger partial charge in [-0.25, -0.2) is 0 Å². The van der Waals surface area contributed by atoms with Gasteiger partial charge in [-0.15, -0.1) is 0 Å². The molecule has 0 radical (unpaired) electrons. The van der Waals surface area contributed by atoms with Gasteiger partial charge in [0.25, 0.3) is 0 Å². The van der Waals surface area contributed by atoms with Gasteiger partial charge in [0, 0.05) is 6.42 Å². The maximum atomic E-state index is 12.8. The van der Waals surface area contributed by atoms with Crippen LogP contribution in [0.15, 0.2) is 0 Å². The molecule has 0 aromatic rings. The SMILES string of the molecule is CCCCCCCCCCCCCCCCCCCCCCCCCCCCC(=O)NC(COC1OC(CO)C(O)C(O)C1O)C(O)CCCCC. The van der Waals surface area contributed by atoms with E-state index >= 15 is 0 Å². The number of rotatable bonds is 37. The van der Waals surface area contributed by atoms with Crippen molar-refractivity contribution in [3.8, 4) is 0 Å². The number of unbranched alkanes of at least 4 members (excludes halogenated alkanes) is 27. The quantitative estimate of drug-likeness (QED) is 0.0346. The third-order valence-electron chi connectivity index (χ3n) is 11.0. The van der Waals surface area contributed by atoms with Crippen molar-refractivity contribution in [2.24, 2.45) is 0 Å². The molecular formula is C43H85NO8. The molecule has 9 heteroatoms. The lowest BCUT2D eigenvalue weighted by Gasteiger charge is -2.40. The minimum atomic E-state index is -1.54. The molecule has 0 aliphatic carbocycles. The summed E-state index contributed by atoms with van der Waals surface area (Å²) in [5, 5.41) is 53.5. The smallest absolute Gasteiger partial charge is 0.220 e. The molecular weight excluding hydrogens is 658 g/mol. The van der Waals surface area contributed by atoms with Crippen LogP contribution in [0.1, 0.15) is 213 Å². The van der Waals surface area contributed by atoms with Gasteiger partial charge < -0.3 is 40.3 Å². The largest absolute Gasteiger partial charge is 0.394 e. The van der Waals surface area contributed by atoms with Crippen molar-refractivity contribution in [1.82, 2.24) is 5.32 Å². The van der Waals surface area contributed by atoms with Crippen LogP contribution in [0, 0.1) is 0 Å². The van der Waals surface area contributed by atoms with E-state index in [4.69, 9.17) is 9.47 Å². The number of ether oxygens (including phenoxy) is 2. The second-order valence-electron chi connectivity index (χ2n) is 15.9. The lowest BCUT2D eigenvalue weighted by molar-refractivity contribution is -0.302. The highest BCUT2D eigenvalue weighted by Gasteiger charge is 2.44. The van der Waals surface area contributed by atoms with E-state index < -0.39 is 49.5 Å². The molecule has 9 nitrogen and oxygen atoms in total. The molecule has 1 heterocycles. The molecule has 0 spiro atoms. The number of nitrogens with one attached hydrogen (secondary N) is 1. The third-order valence-corrected chi connectivity index (χ3v) is 11.0. The molecule has 1 fully saturated rings. The molecule has 1 rings (SSSR count). The number of carbonyl (C=O) groups excluding carboxylic acids is 1. The number of hydrogen-bond donors (Lipinski definition) is 6. The van der Waals surface area contributed by atoms with Crippen molar-refractivity contribution in [2.45, 2.75) is 256 Å². The number of amides is 1. The predicted molar refractivity (Wildman–Crippen MR) is 212 cm³/mol. The fourth-order valence-corrected chi connectivity index (χ4v) is 7.34. The molecule has 0 bridgehead atoms. The van der Waals surface area contributed by atoms with Crippen molar-refractivity contribution in [3.05, 3.63) is 0 Å². The molecule has 1 saturated heterocycles. The first-order chi connectivity index (χ1) is 25.3. The molecule has 7 atom stereocenters. The molecule has 310 valence electrons. The summed E-state index contributed by atoms with van der Waals surface area (Å²) in [6, 6.07) is -0.708. The number of aliphatic hydroxyl groups is 5. The van der Waals surface area contributed by atoms with Crippen LogP contribution in [0.4, 0.5) is 0 Å². The fourth-order valence-electron chi connectivity index (χ4n) is 7.34. The van der Waals surface area contributed by atoms with E-state index in [-0.39, 0.29) is 12.5 Å². The molecule has 1 amide bonds. The zero-order valence-corrected chi connectivity index (χ0v) is 33.8. The van der Waals surface area contributed by atoms with Gasteiger partial charge in [0.05, 0.1) is 25.4 Å². The lowest BCUT2D eigenvalue weighted by atomic mass is 9.99. The van der Waals surface area contributed by atoms with Crippen LogP contribution in [0.2, 0.25) is 0 Å². The Kier molecular flexibility index (Phi) is 32.8. The Morgan fingerprint density at radius 1 is 0.577 bits per heavy atom. The standard InChI is InChI=1S/C43H85NO8/c1-3-5-7-8-9-10-11-12-13-14-15-16-17-18-19-20-21-22-23-24-25-26-27-28-29-31-33-39(47)44-36(37(46)32-30-6-4-2)35-51-43-42(50)41(49)40(48)38(34-45)52-43/h36-38,40-43,45-46,48-50H,3-35H2,1-2H3,(H,44,47). The van der Waals surface area contributed by atoms with Crippen LogP contribution in [0.5, 0.6) is 0 Å². The number of aliphatic hydroxyl groups excluding tert-OH is 5. The van der Waals surface area contributed by atoms with Crippen LogP contribution in [0.25, 0.3) is 0 Å². The summed E-state index contributed by atoms with van der Waals surface area (Å²) in [7, 11) is 0. The van der Waals surface area contributed by atoms with Gasteiger partial charge >= 0.3 is 0 Å². The van der Waals surface area contributed by atoms with E-state index in [9.17, 15) is 30.3 Å². The Morgan fingerprint density at radius 2 is 0.962 bits per heavy atom. The van der Waals surface area contributed by atoms with Crippen molar-refractivity contribution in [1.29, 1.82) is 0 Å². The fraction of sp³-hybridized carbons (Fsp3) is 0.977. The molecule has 1 aliphatic heterocycles. The first kappa shape index (κ1) is 49.2. The molecule has 0 aromatic heterocycles. The van der Waals surface area contributed by atoms with Crippen LogP contribution in [0.3, 0.4) is 0 Å². The predicted octanol–water partition coefficient (Wildman–Crippen LogP) is 8.78. The average molecular weight is 744 g/mol. The molecule has 0 saturated carbocycles. The van der Waals surface area contributed by atoms with Crippen molar-refractivity contribution >= 4 is 5.91 Å². The zero-order valence-electron chi connectivity index (χ0n) is 33.8. The van der Waals surface area contributed by atoms with Crippen molar-refractivity contribution in [2.75, 3.05) is 13.2 Å². The van der Waals surface area contributed by atoms with Gasteiger partial charge in [0.2, 0.25) is 5.91 Å². The minimum absolute atomic E-state index is 0.138. The Morgan fingerprint density at radius 3 is 1.37 bits per heavy atom. The summed E-state index contributed by atoms with van der Waals surface area (Å²) in [6.07, 6.45) is 30.8. The maximum Gasteiger partial charge on any atom is 0.220 e. The zero-order chi connectivity index (χ0) is 38.1. The highest BCUT2D eigenvalue weighted by atomic mass is 16.7. The summed E-state index contributed by atoms with van der Waals surface area (Å²) < 4.78 is 11.1. The average Bonchev–Trinajstić information content (AvgIpc) is 3.14. The summed E-state index contributed by atoms with van der Waals surface area (Å²) in [6.45, 7) is 3.68. The summed E-state index contributed by atoms with van der Waals surface area (Å²) in [5.41, 5.74) is 0. The van der Waals surface area contributed by atoms with Crippen LogP contribution in [-0.4, -0.2) is 87.5 Å². The highest BCUT2D eigenvalue weighted by molar-refractivity contribution is 5.76. The van der Waals surface area contributed by atoms with Crippen LogP contribution < -0.4 is 5.32 Å². The third kappa shape index (κ3) is 25.3. The van der Waals surface area contributed by atoms with Gasteiger partial charge in [-0.2, -0.15) is 0 Å². The molecule has 6 N–H and O–H groups in total. The molecule has 52 heavy (non-hydrogen) atoms. The van der Waals surface area contributed by atoms with E-state index in [1.807, 2.05) is 0 Å². The van der Waals surface area contributed by atoms with E-state index in [0.717, 1.165) is 38.5 Å². The van der Waals surface area contributed by atoms with E-state index in [1.165, 1.54) is 148 Å². The number of hydrogen-bond acceptors (Lipinski definition) is 8. The Bertz CT molecular complexity index is 786. The molecule has 7 unspecified atom stereocenters. The first-order valence-corrected chi connectivity index (χ1v) is 22.2. The summed E-state index contributed by atoms with van der Waals surface area (Å²) >= 11 is 0. The maximum absolute atomic E-state index is 12.8. The molecule has 1 aliphatic rings. The second kappa shape index (κ2) is 34.7. The lowest BCUT2D eigenvalue weighted by Crippen LogP contribution is -2.60. The Labute approximate surface area is 319 Å². The van der Waals surface area contributed by atoms with Crippen molar-refractivity contribution < 1.29 is 39.8 Å². The van der Waals surface area contributed by atoms with Crippen LogP contribution in [-0.2, 0) is 14.3 Å². The first-order valence-electron chi connectivity index (χ1n) is 22.2. The monoisotopic (exact) mass is 744 g/mol. The molecule has 0 aromatic carbocycles. The number of carbonyl (C=O) groups is 1. The topological polar surface area (TPSA) is 149 Å². The van der Waals surface area contributed by atoms with E-state index in [1.54, 1.807) is 0 Å². The second-order valence-corrected chi connectivity index (χ2v) is 15.9. The van der Waals surface area contributed by atoms with Gasteiger partial charge in [0.1, 0.15) is 24.4 Å². The summed E-state index contributed by atoms with van der Waals surface area (Å²) in [5.74, 6) is -0.152. The van der Waals surface area contributed by atoms with Crippen LogP contribution >= 0.6 is 0 Å². The van der Waals surface area contributed by atoms with Gasteiger partial charge in [-0.1, -0.05) is 194 Å². The van der Waals surface area contributed by atoms with Crippen molar-refractivity contribution in [3.63, 3.8) is 0 Å². The Hall–Kier alpha value is -0.810. The van der Waals surface area contributed by atoms with E-state index in [0.29, 0.717) is 12.8 Å².